The van der Waals surface area contributed by atoms with E-state index in [2.05, 4.69) is 53.2 Å². The van der Waals surface area contributed by atoms with Gasteiger partial charge in [-0.05, 0) is 31.7 Å². The molecule has 0 radical (unpaired) electrons. The van der Waals surface area contributed by atoms with Gasteiger partial charge in [0.15, 0.2) is 0 Å². The lowest BCUT2D eigenvalue weighted by atomic mass is 10.2. The zero-order valence-corrected chi connectivity index (χ0v) is 13.2. The van der Waals surface area contributed by atoms with Crippen molar-refractivity contribution in [1.82, 2.24) is 14.7 Å². The monoisotopic (exact) mass is 297 g/mol. The van der Waals surface area contributed by atoms with E-state index in [1.807, 2.05) is 19.2 Å². The summed E-state index contributed by atoms with van der Waals surface area (Å²) in [6.45, 7) is 2.95. The van der Waals surface area contributed by atoms with Gasteiger partial charge < -0.3 is 9.72 Å². The quantitative estimate of drug-likeness (QED) is 0.729. The summed E-state index contributed by atoms with van der Waals surface area (Å²) in [6.07, 6.45) is 2.08. The number of imidazole rings is 1. The number of aryl methyl sites for hydroxylation is 1. The summed E-state index contributed by atoms with van der Waals surface area (Å²) in [5, 5.41) is 4.34. The van der Waals surface area contributed by atoms with Crippen molar-refractivity contribution in [2.75, 3.05) is 7.05 Å². The maximum atomic E-state index is 4.75. The SMILES string of the molecule is CNCc1c(SCc2cccc(C)c2)nc2ccccn12. The molecule has 3 nitrogen and oxygen atoms in total. The smallest absolute Gasteiger partial charge is 0.138 e. The predicted octanol–water partition coefficient (Wildman–Crippen LogP) is 3.65. The largest absolute Gasteiger partial charge is 0.314 e. The Morgan fingerprint density at radius 1 is 1.19 bits per heavy atom. The molecule has 0 aliphatic heterocycles. The number of rotatable bonds is 5. The summed E-state index contributed by atoms with van der Waals surface area (Å²) >= 11 is 1.80. The van der Waals surface area contributed by atoms with Gasteiger partial charge in [-0.15, -0.1) is 0 Å². The van der Waals surface area contributed by atoms with Crippen LogP contribution in [0.5, 0.6) is 0 Å². The number of nitrogens with zero attached hydrogens (tertiary/aromatic N) is 2. The average Bonchev–Trinajstić information content (AvgIpc) is 2.84. The first-order valence-electron chi connectivity index (χ1n) is 7.07. The number of hydrogen-bond donors (Lipinski definition) is 1. The van der Waals surface area contributed by atoms with E-state index in [9.17, 15) is 0 Å². The van der Waals surface area contributed by atoms with Crippen molar-refractivity contribution in [3.63, 3.8) is 0 Å². The van der Waals surface area contributed by atoms with Crippen molar-refractivity contribution >= 4 is 17.4 Å². The van der Waals surface area contributed by atoms with Crippen LogP contribution in [0.2, 0.25) is 0 Å². The number of fused-ring (bicyclic) bond motifs is 1. The highest BCUT2D eigenvalue weighted by Crippen LogP contribution is 2.27. The van der Waals surface area contributed by atoms with E-state index in [-0.39, 0.29) is 0 Å². The van der Waals surface area contributed by atoms with Crippen molar-refractivity contribution in [1.29, 1.82) is 0 Å². The van der Waals surface area contributed by atoms with Crippen LogP contribution in [0.3, 0.4) is 0 Å². The van der Waals surface area contributed by atoms with Gasteiger partial charge in [-0.3, -0.25) is 0 Å². The number of hydrogen-bond acceptors (Lipinski definition) is 3. The van der Waals surface area contributed by atoms with Crippen LogP contribution < -0.4 is 5.32 Å². The third-order valence-electron chi connectivity index (χ3n) is 3.39. The van der Waals surface area contributed by atoms with Gasteiger partial charge in [-0.2, -0.15) is 0 Å². The molecular formula is C17H19N3S. The van der Waals surface area contributed by atoms with Gasteiger partial charge >= 0.3 is 0 Å². The maximum absolute atomic E-state index is 4.75. The van der Waals surface area contributed by atoms with Crippen LogP contribution in [0.25, 0.3) is 5.65 Å². The van der Waals surface area contributed by atoms with Gasteiger partial charge in [0, 0.05) is 18.5 Å². The molecule has 0 unspecified atom stereocenters. The zero-order valence-electron chi connectivity index (χ0n) is 12.3. The Balaban J connectivity index is 1.87. The van der Waals surface area contributed by atoms with Crippen LogP contribution in [0.4, 0.5) is 0 Å². The third-order valence-corrected chi connectivity index (χ3v) is 4.47. The van der Waals surface area contributed by atoms with E-state index in [0.29, 0.717) is 0 Å². The first-order chi connectivity index (χ1) is 10.3. The van der Waals surface area contributed by atoms with Gasteiger partial charge in [-0.1, -0.05) is 47.7 Å². The Bertz CT molecular complexity index is 749. The van der Waals surface area contributed by atoms with Crippen molar-refractivity contribution in [2.24, 2.45) is 0 Å². The molecule has 0 saturated carbocycles. The van der Waals surface area contributed by atoms with Crippen LogP contribution in [-0.2, 0) is 12.3 Å². The number of pyridine rings is 1. The van der Waals surface area contributed by atoms with Crippen LogP contribution in [-0.4, -0.2) is 16.4 Å². The molecule has 0 aliphatic carbocycles. The average molecular weight is 297 g/mol. The highest BCUT2D eigenvalue weighted by molar-refractivity contribution is 7.98. The van der Waals surface area contributed by atoms with Crippen molar-refractivity contribution in [2.45, 2.75) is 24.2 Å². The normalized spacial score (nSPS) is 11.1. The molecule has 4 heteroatoms. The Kier molecular flexibility index (Phi) is 4.27. The van der Waals surface area contributed by atoms with Crippen LogP contribution in [0.15, 0.2) is 53.7 Å². The van der Waals surface area contributed by atoms with E-state index in [1.165, 1.54) is 16.8 Å². The molecule has 0 atom stereocenters. The molecule has 1 aromatic carbocycles. The Labute approximate surface area is 129 Å². The molecule has 0 amide bonds. The molecule has 0 saturated heterocycles. The molecule has 2 heterocycles. The van der Waals surface area contributed by atoms with E-state index in [1.54, 1.807) is 11.8 Å². The van der Waals surface area contributed by atoms with E-state index in [0.717, 1.165) is 23.0 Å². The third kappa shape index (κ3) is 3.12. The van der Waals surface area contributed by atoms with Crippen molar-refractivity contribution in [3.05, 3.63) is 65.5 Å². The minimum absolute atomic E-state index is 0.821. The second-order valence-corrected chi connectivity index (χ2v) is 6.06. The predicted molar refractivity (Wildman–Crippen MR) is 88.7 cm³/mol. The Hall–Kier alpha value is -1.78. The standard InChI is InChI=1S/C17H19N3S/c1-13-6-5-7-14(10-13)12-21-17-15(11-18-2)20-9-4-3-8-16(20)19-17/h3-10,18H,11-12H2,1-2H3. The minimum atomic E-state index is 0.821. The summed E-state index contributed by atoms with van der Waals surface area (Å²) < 4.78 is 2.16. The Morgan fingerprint density at radius 3 is 2.90 bits per heavy atom. The fourth-order valence-corrected chi connectivity index (χ4v) is 3.40. The second-order valence-electron chi connectivity index (χ2n) is 5.10. The highest BCUT2D eigenvalue weighted by Gasteiger charge is 2.11. The molecule has 1 N–H and O–H groups in total. The van der Waals surface area contributed by atoms with E-state index < -0.39 is 0 Å². The van der Waals surface area contributed by atoms with E-state index in [4.69, 9.17) is 4.98 Å². The Morgan fingerprint density at radius 2 is 2.10 bits per heavy atom. The molecule has 3 rings (SSSR count). The van der Waals surface area contributed by atoms with Crippen LogP contribution in [0.1, 0.15) is 16.8 Å². The van der Waals surface area contributed by atoms with Crippen LogP contribution >= 0.6 is 11.8 Å². The van der Waals surface area contributed by atoms with Crippen molar-refractivity contribution in [3.8, 4) is 0 Å². The molecule has 0 fully saturated rings. The summed E-state index contributed by atoms with van der Waals surface area (Å²) in [6, 6.07) is 14.8. The minimum Gasteiger partial charge on any atom is -0.314 e. The molecule has 3 aromatic rings. The fourth-order valence-electron chi connectivity index (χ4n) is 2.42. The lowest BCUT2D eigenvalue weighted by Crippen LogP contribution is -2.08. The molecule has 0 bridgehead atoms. The van der Waals surface area contributed by atoms with Gasteiger partial charge in [0.1, 0.15) is 10.7 Å². The topological polar surface area (TPSA) is 29.3 Å². The van der Waals surface area contributed by atoms with Crippen LogP contribution in [0, 0.1) is 6.92 Å². The number of benzene rings is 1. The highest BCUT2D eigenvalue weighted by atomic mass is 32.2. The summed E-state index contributed by atoms with van der Waals surface area (Å²) in [5.74, 6) is 0.947. The molecule has 0 aliphatic rings. The lowest BCUT2D eigenvalue weighted by molar-refractivity contribution is 0.764. The van der Waals surface area contributed by atoms with Gasteiger partial charge in [0.2, 0.25) is 0 Å². The van der Waals surface area contributed by atoms with Gasteiger partial charge in [0.05, 0.1) is 5.69 Å². The summed E-state index contributed by atoms with van der Waals surface area (Å²) in [4.78, 5) is 4.75. The lowest BCUT2D eigenvalue weighted by Gasteiger charge is -2.05. The van der Waals surface area contributed by atoms with Crippen molar-refractivity contribution < 1.29 is 0 Å². The zero-order chi connectivity index (χ0) is 14.7. The first-order valence-corrected chi connectivity index (χ1v) is 8.05. The second kappa shape index (κ2) is 6.33. The molecule has 2 aromatic heterocycles. The first kappa shape index (κ1) is 14.2. The maximum Gasteiger partial charge on any atom is 0.138 e. The van der Waals surface area contributed by atoms with Gasteiger partial charge in [0.25, 0.3) is 0 Å². The number of thioether (sulfide) groups is 1. The fraction of sp³-hybridized carbons (Fsp3) is 0.235. The number of aromatic nitrogens is 2. The number of nitrogens with one attached hydrogen (secondary N) is 1. The van der Waals surface area contributed by atoms with Gasteiger partial charge in [-0.25, -0.2) is 4.98 Å². The molecule has 0 spiro atoms. The molecule has 21 heavy (non-hydrogen) atoms. The molecular weight excluding hydrogens is 278 g/mol. The molecule has 108 valence electrons. The van der Waals surface area contributed by atoms with E-state index >= 15 is 0 Å². The summed E-state index contributed by atoms with van der Waals surface area (Å²) in [7, 11) is 1.97. The summed E-state index contributed by atoms with van der Waals surface area (Å²) in [5.41, 5.74) is 4.88.